The zero-order chi connectivity index (χ0) is 21.3. The van der Waals surface area contributed by atoms with Crippen LogP contribution in [0.3, 0.4) is 0 Å². The lowest BCUT2D eigenvalue weighted by Crippen LogP contribution is -2.36. The van der Waals surface area contributed by atoms with Crippen molar-refractivity contribution in [2.75, 3.05) is 34.8 Å². The smallest absolute Gasteiger partial charge is 0.329 e. The molecule has 1 N–H and O–H groups in total. The van der Waals surface area contributed by atoms with E-state index in [-0.39, 0.29) is 6.03 Å². The summed E-state index contributed by atoms with van der Waals surface area (Å²) in [7, 11) is 0. The van der Waals surface area contributed by atoms with Gasteiger partial charge in [-0.15, -0.1) is 11.3 Å². The maximum Gasteiger partial charge on any atom is 0.329 e. The minimum atomic E-state index is -0.196. The first-order valence-electron chi connectivity index (χ1n) is 10.2. The van der Waals surface area contributed by atoms with Crippen LogP contribution in [0.25, 0.3) is 11.3 Å². The first kappa shape index (κ1) is 20.3. The highest BCUT2D eigenvalue weighted by molar-refractivity contribution is 7.15. The molecule has 0 spiro atoms. The van der Waals surface area contributed by atoms with Crippen molar-refractivity contribution >= 4 is 34.0 Å². The van der Waals surface area contributed by atoms with E-state index >= 15 is 0 Å². The Bertz CT molecular complexity index is 1060. The quantitative estimate of drug-likeness (QED) is 0.657. The van der Waals surface area contributed by atoms with Crippen LogP contribution in [0.1, 0.15) is 29.6 Å². The molecule has 30 heavy (non-hydrogen) atoms. The van der Waals surface area contributed by atoms with Crippen molar-refractivity contribution in [1.82, 2.24) is 15.0 Å². The molecule has 3 aromatic heterocycles. The lowest BCUT2D eigenvalue weighted by molar-refractivity contribution is 0.257. The molecule has 4 rings (SSSR count). The third-order valence-corrected chi connectivity index (χ3v) is 6.31. The van der Waals surface area contributed by atoms with Gasteiger partial charge in [-0.25, -0.2) is 14.8 Å². The molecular formula is C22H26N6OS. The Balaban J connectivity index is 1.73. The van der Waals surface area contributed by atoms with E-state index in [4.69, 9.17) is 4.98 Å². The molecule has 4 heterocycles. The van der Waals surface area contributed by atoms with Crippen LogP contribution < -0.4 is 15.1 Å². The van der Waals surface area contributed by atoms with E-state index in [0.717, 1.165) is 52.7 Å². The van der Waals surface area contributed by atoms with Crippen molar-refractivity contribution in [1.29, 1.82) is 0 Å². The molecular weight excluding hydrogens is 396 g/mol. The largest absolute Gasteiger partial charge is 0.369 e. The summed E-state index contributed by atoms with van der Waals surface area (Å²) in [6.45, 7) is 10.4. The maximum atomic E-state index is 13.2. The van der Waals surface area contributed by atoms with Crippen LogP contribution >= 0.6 is 11.3 Å². The number of aryl methyl sites for hydroxylation is 3. The molecule has 1 aliphatic heterocycles. The number of hydrogen-bond donors (Lipinski definition) is 1. The van der Waals surface area contributed by atoms with E-state index < -0.39 is 0 Å². The van der Waals surface area contributed by atoms with E-state index in [2.05, 4.69) is 33.2 Å². The molecule has 3 aromatic rings. The molecule has 2 amide bonds. The predicted molar refractivity (Wildman–Crippen MR) is 123 cm³/mol. The number of anilines is 3. The summed E-state index contributed by atoms with van der Waals surface area (Å²) in [6, 6.07) is 7.85. The van der Waals surface area contributed by atoms with Gasteiger partial charge in [0.25, 0.3) is 0 Å². The van der Waals surface area contributed by atoms with Crippen LogP contribution in [-0.2, 0) is 0 Å². The summed E-state index contributed by atoms with van der Waals surface area (Å²) in [6.07, 6.45) is 2.66. The van der Waals surface area contributed by atoms with E-state index in [0.29, 0.717) is 17.5 Å². The monoisotopic (exact) mass is 422 g/mol. The first-order chi connectivity index (χ1) is 14.5. The summed E-state index contributed by atoms with van der Waals surface area (Å²) in [5.41, 5.74) is 4.67. The average Bonchev–Trinajstić information content (AvgIpc) is 2.94. The number of hydrogen-bond acceptors (Lipinski definition) is 6. The molecule has 156 valence electrons. The van der Waals surface area contributed by atoms with Gasteiger partial charge in [0.1, 0.15) is 0 Å². The number of fused-ring (bicyclic) bond motifs is 1. The fourth-order valence-electron chi connectivity index (χ4n) is 3.61. The third kappa shape index (κ3) is 4.00. The van der Waals surface area contributed by atoms with Gasteiger partial charge in [-0.1, -0.05) is 0 Å². The van der Waals surface area contributed by atoms with Crippen molar-refractivity contribution in [2.45, 2.75) is 34.1 Å². The van der Waals surface area contributed by atoms with E-state index in [1.54, 1.807) is 11.1 Å². The fourth-order valence-corrected chi connectivity index (χ4v) is 4.41. The lowest BCUT2D eigenvalue weighted by atomic mass is 10.1. The lowest BCUT2D eigenvalue weighted by Gasteiger charge is -2.25. The molecule has 1 aliphatic rings. The zero-order valence-corrected chi connectivity index (χ0v) is 18.6. The van der Waals surface area contributed by atoms with Gasteiger partial charge < -0.3 is 4.90 Å². The number of carbonyl (C=O) groups excluding carboxylic acids is 1. The van der Waals surface area contributed by atoms with Crippen LogP contribution in [0.2, 0.25) is 0 Å². The molecule has 0 aromatic carbocycles. The topological polar surface area (TPSA) is 74.2 Å². The number of carbonyl (C=O) groups is 1. The average molecular weight is 423 g/mol. The van der Waals surface area contributed by atoms with Crippen molar-refractivity contribution in [3.8, 4) is 11.3 Å². The van der Waals surface area contributed by atoms with Gasteiger partial charge in [-0.05, 0) is 58.4 Å². The molecule has 0 saturated carbocycles. The number of nitrogens with zero attached hydrogens (tertiary/aromatic N) is 5. The van der Waals surface area contributed by atoms with Crippen LogP contribution in [0.4, 0.5) is 21.4 Å². The second kappa shape index (κ2) is 8.39. The number of nitrogens with one attached hydrogen (secondary N) is 1. The number of aromatic nitrogens is 3. The van der Waals surface area contributed by atoms with E-state index in [9.17, 15) is 4.79 Å². The van der Waals surface area contributed by atoms with E-state index in [1.165, 1.54) is 11.3 Å². The van der Waals surface area contributed by atoms with E-state index in [1.807, 2.05) is 39.0 Å². The van der Waals surface area contributed by atoms with Gasteiger partial charge >= 0.3 is 6.03 Å². The first-order valence-corrected chi connectivity index (χ1v) is 11.0. The highest BCUT2D eigenvalue weighted by atomic mass is 32.1. The highest BCUT2D eigenvalue weighted by Crippen LogP contribution is 2.34. The number of thiazole rings is 1. The number of pyridine rings is 2. The van der Waals surface area contributed by atoms with Crippen molar-refractivity contribution < 1.29 is 4.79 Å². The Kier molecular flexibility index (Phi) is 5.67. The molecule has 0 unspecified atom stereocenters. The molecule has 0 saturated heterocycles. The Labute approximate surface area is 180 Å². The van der Waals surface area contributed by atoms with Crippen LogP contribution in [-0.4, -0.2) is 40.6 Å². The Morgan fingerprint density at radius 3 is 2.70 bits per heavy atom. The summed E-state index contributed by atoms with van der Waals surface area (Å²) in [5, 5.41) is 3.59. The molecule has 8 heteroatoms. The van der Waals surface area contributed by atoms with Gasteiger partial charge in [-0.2, -0.15) is 0 Å². The highest BCUT2D eigenvalue weighted by Gasteiger charge is 2.27. The molecule has 0 radical (unpaired) electrons. The summed E-state index contributed by atoms with van der Waals surface area (Å²) in [5.74, 6) is 0.684. The predicted octanol–water partition coefficient (Wildman–Crippen LogP) is 4.79. The Morgan fingerprint density at radius 1 is 1.17 bits per heavy atom. The van der Waals surface area contributed by atoms with Crippen molar-refractivity contribution in [3.63, 3.8) is 0 Å². The Morgan fingerprint density at radius 2 is 2.00 bits per heavy atom. The van der Waals surface area contributed by atoms with Crippen molar-refractivity contribution in [2.24, 2.45) is 0 Å². The fraction of sp³-hybridized carbons (Fsp3) is 0.364. The number of urea groups is 1. The molecule has 0 bridgehead atoms. The SMILES string of the molecule is CCN1CCCN(C(=O)Nc2nc(C)c(C)s2)c2nc(-c3ccnc(C)c3)ccc21. The number of rotatable bonds is 3. The zero-order valence-electron chi connectivity index (χ0n) is 17.8. The minimum Gasteiger partial charge on any atom is -0.369 e. The Hall–Kier alpha value is -3.00. The minimum absolute atomic E-state index is 0.196. The van der Waals surface area contributed by atoms with Gasteiger partial charge in [0.2, 0.25) is 0 Å². The molecule has 0 atom stereocenters. The van der Waals surface area contributed by atoms with Crippen molar-refractivity contribution in [3.05, 3.63) is 46.7 Å². The standard InChI is InChI=1S/C22H26N6OS/c1-5-27-11-6-12-28(22(29)26-21-24-15(3)16(4)30-21)20-19(27)8-7-18(25-20)17-9-10-23-14(2)13-17/h7-10,13H,5-6,11-12H2,1-4H3,(H,24,26,29). The molecule has 7 nitrogen and oxygen atoms in total. The van der Waals surface area contributed by atoms with Gasteiger partial charge in [0, 0.05) is 42.0 Å². The summed E-state index contributed by atoms with van der Waals surface area (Å²) in [4.78, 5) is 32.0. The second-order valence-electron chi connectivity index (χ2n) is 7.40. The number of amides is 2. The molecule has 0 aliphatic carbocycles. The van der Waals surface area contributed by atoms with Gasteiger partial charge in [-0.3, -0.25) is 15.2 Å². The normalized spacial score (nSPS) is 13.7. The molecule has 0 fully saturated rings. The van der Waals surface area contributed by atoms with Gasteiger partial charge in [0.05, 0.1) is 17.1 Å². The van der Waals surface area contributed by atoms with Crippen LogP contribution in [0, 0.1) is 20.8 Å². The third-order valence-electron chi connectivity index (χ3n) is 5.32. The summed E-state index contributed by atoms with van der Waals surface area (Å²) >= 11 is 1.49. The van der Waals surface area contributed by atoms with Crippen LogP contribution in [0.15, 0.2) is 30.5 Å². The second-order valence-corrected chi connectivity index (χ2v) is 8.60. The van der Waals surface area contributed by atoms with Crippen LogP contribution in [0.5, 0.6) is 0 Å². The van der Waals surface area contributed by atoms with Gasteiger partial charge in [0.15, 0.2) is 10.9 Å². The maximum absolute atomic E-state index is 13.2. The summed E-state index contributed by atoms with van der Waals surface area (Å²) < 4.78 is 0.